The van der Waals surface area contributed by atoms with Gasteiger partial charge in [-0.2, -0.15) is 0 Å². The molecule has 160 valence electrons. The van der Waals surface area contributed by atoms with Crippen LogP contribution < -0.4 is 15.4 Å². The van der Waals surface area contributed by atoms with Crippen LogP contribution in [0, 0.1) is 12.8 Å². The maximum Gasteiger partial charge on any atom is 0.337 e. The molecule has 0 aliphatic carbocycles. The lowest BCUT2D eigenvalue weighted by atomic mass is 10.0. The summed E-state index contributed by atoms with van der Waals surface area (Å²) in [5.74, 6) is -0.690. The third-order valence-corrected chi connectivity index (χ3v) is 4.58. The quantitative estimate of drug-likeness (QED) is 0.647. The highest BCUT2D eigenvalue weighted by molar-refractivity contribution is 6.02. The lowest BCUT2D eigenvalue weighted by Crippen LogP contribution is -2.47. The molecular formula is C23H28N2O5. The van der Waals surface area contributed by atoms with Gasteiger partial charge in [0.2, 0.25) is 5.91 Å². The zero-order chi connectivity index (χ0) is 22.3. The lowest BCUT2D eigenvalue weighted by molar-refractivity contribution is -0.118. The summed E-state index contributed by atoms with van der Waals surface area (Å²) in [5.41, 5.74) is 2.04. The number of anilines is 1. The molecule has 0 bridgehead atoms. The van der Waals surface area contributed by atoms with Gasteiger partial charge in [0.1, 0.15) is 11.8 Å². The summed E-state index contributed by atoms with van der Waals surface area (Å²) >= 11 is 0. The van der Waals surface area contributed by atoms with Crippen molar-refractivity contribution in [3.05, 3.63) is 59.2 Å². The Morgan fingerprint density at radius 2 is 1.63 bits per heavy atom. The Morgan fingerprint density at radius 3 is 2.20 bits per heavy atom. The van der Waals surface area contributed by atoms with Crippen LogP contribution in [0.4, 0.5) is 5.69 Å². The van der Waals surface area contributed by atoms with Gasteiger partial charge in [-0.25, -0.2) is 4.79 Å². The molecule has 2 N–H and O–H groups in total. The number of carbonyl (C=O) groups excluding carboxylic acids is 3. The fourth-order valence-electron chi connectivity index (χ4n) is 2.84. The molecule has 0 saturated carbocycles. The van der Waals surface area contributed by atoms with Crippen molar-refractivity contribution in [1.82, 2.24) is 5.32 Å². The van der Waals surface area contributed by atoms with Gasteiger partial charge in [-0.1, -0.05) is 19.9 Å². The number of carbonyl (C=O) groups is 3. The van der Waals surface area contributed by atoms with Crippen molar-refractivity contribution in [2.75, 3.05) is 19.0 Å². The fraction of sp³-hybridized carbons (Fsp3) is 0.348. The SMILES string of the molecule is CCOc1ccc(C(=O)N[C@H](C(=O)Nc2cc(C(=O)OC)ccc2C)C(C)C)cc1. The van der Waals surface area contributed by atoms with Crippen LogP contribution in [0.5, 0.6) is 5.75 Å². The molecule has 0 aliphatic rings. The highest BCUT2D eigenvalue weighted by atomic mass is 16.5. The summed E-state index contributed by atoms with van der Waals surface area (Å²) in [6.07, 6.45) is 0. The zero-order valence-electron chi connectivity index (χ0n) is 17.9. The van der Waals surface area contributed by atoms with Crippen molar-refractivity contribution in [2.24, 2.45) is 5.92 Å². The molecule has 30 heavy (non-hydrogen) atoms. The summed E-state index contributed by atoms with van der Waals surface area (Å²) in [7, 11) is 1.30. The van der Waals surface area contributed by atoms with Gasteiger partial charge in [0.15, 0.2) is 0 Å². The van der Waals surface area contributed by atoms with E-state index in [4.69, 9.17) is 9.47 Å². The highest BCUT2D eigenvalue weighted by Gasteiger charge is 2.25. The van der Waals surface area contributed by atoms with Crippen LogP contribution in [-0.2, 0) is 9.53 Å². The minimum absolute atomic E-state index is 0.152. The second kappa shape index (κ2) is 10.4. The number of benzene rings is 2. The Bertz CT molecular complexity index is 906. The van der Waals surface area contributed by atoms with E-state index in [1.807, 2.05) is 27.7 Å². The van der Waals surface area contributed by atoms with E-state index < -0.39 is 12.0 Å². The first-order chi connectivity index (χ1) is 14.3. The normalized spacial score (nSPS) is 11.5. The maximum absolute atomic E-state index is 12.9. The number of ether oxygens (including phenoxy) is 2. The van der Waals surface area contributed by atoms with Crippen LogP contribution in [-0.4, -0.2) is 37.5 Å². The van der Waals surface area contributed by atoms with Gasteiger partial charge in [0, 0.05) is 11.3 Å². The molecule has 1 atom stereocenters. The van der Waals surface area contributed by atoms with Gasteiger partial charge in [0.25, 0.3) is 5.91 Å². The van der Waals surface area contributed by atoms with Crippen LogP contribution in [0.15, 0.2) is 42.5 Å². The van der Waals surface area contributed by atoms with Crippen molar-refractivity contribution in [3.8, 4) is 5.75 Å². The number of methoxy groups -OCH3 is 1. The number of hydrogen-bond acceptors (Lipinski definition) is 5. The van der Waals surface area contributed by atoms with E-state index >= 15 is 0 Å². The Labute approximate surface area is 176 Å². The van der Waals surface area contributed by atoms with Gasteiger partial charge in [-0.15, -0.1) is 0 Å². The highest BCUT2D eigenvalue weighted by Crippen LogP contribution is 2.19. The molecule has 0 radical (unpaired) electrons. The first-order valence-electron chi connectivity index (χ1n) is 9.80. The minimum atomic E-state index is -0.759. The zero-order valence-corrected chi connectivity index (χ0v) is 17.9. The van der Waals surface area contributed by atoms with Crippen LogP contribution in [0.25, 0.3) is 0 Å². The molecule has 7 nitrogen and oxygen atoms in total. The molecule has 0 aromatic heterocycles. The third-order valence-electron chi connectivity index (χ3n) is 4.58. The molecule has 2 aromatic carbocycles. The second-order valence-corrected chi connectivity index (χ2v) is 7.16. The lowest BCUT2D eigenvalue weighted by Gasteiger charge is -2.22. The largest absolute Gasteiger partial charge is 0.494 e. The number of amides is 2. The van der Waals surface area contributed by atoms with E-state index in [0.29, 0.717) is 29.2 Å². The van der Waals surface area contributed by atoms with E-state index in [1.54, 1.807) is 42.5 Å². The van der Waals surface area contributed by atoms with Crippen LogP contribution in [0.3, 0.4) is 0 Å². The topological polar surface area (TPSA) is 93.7 Å². The predicted octanol–water partition coefficient (Wildman–Crippen LogP) is 3.57. The first kappa shape index (κ1) is 22.9. The van der Waals surface area contributed by atoms with Gasteiger partial charge >= 0.3 is 5.97 Å². The summed E-state index contributed by atoms with van der Waals surface area (Å²) in [5, 5.41) is 5.60. The van der Waals surface area contributed by atoms with Crippen LogP contribution in [0.2, 0.25) is 0 Å². The smallest absolute Gasteiger partial charge is 0.337 e. The summed E-state index contributed by atoms with van der Waals surface area (Å²) in [6.45, 7) is 7.94. The van der Waals surface area contributed by atoms with Gasteiger partial charge in [-0.05, 0) is 61.7 Å². The molecule has 2 rings (SSSR count). The Balaban J connectivity index is 2.15. The fourth-order valence-corrected chi connectivity index (χ4v) is 2.84. The van der Waals surface area contributed by atoms with Gasteiger partial charge < -0.3 is 20.1 Å². The predicted molar refractivity (Wildman–Crippen MR) is 115 cm³/mol. The molecule has 0 spiro atoms. The van der Waals surface area contributed by atoms with E-state index in [1.165, 1.54) is 7.11 Å². The molecular weight excluding hydrogens is 384 g/mol. The maximum atomic E-state index is 12.9. The molecule has 7 heteroatoms. The number of esters is 1. The first-order valence-corrected chi connectivity index (χ1v) is 9.80. The summed E-state index contributed by atoms with van der Waals surface area (Å²) in [4.78, 5) is 37.3. The van der Waals surface area contributed by atoms with E-state index in [9.17, 15) is 14.4 Å². The number of rotatable bonds is 8. The van der Waals surface area contributed by atoms with Crippen LogP contribution in [0.1, 0.15) is 47.1 Å². The molecule has 2 amide bonds. The molecule has 2 aromatic rings. The van der Waals surface area contributed by atoms with E-state index in [-0.39, 0.29) is 17.7 Å². The van der Waals surface area contributed by atoms with Crippen molar-refractivity contribution in [2.45, 2.75) is 33.7 Å². The van der Waals surface area contributed by atoms with Gasteiger partial charge in [-0.3, -0.25) is 9.59 Å². The van der Waals surface area contributed by atoms with Crippen molar-refractivity contribution < 1.29 is 23.9 Å². The molecule has 0 saturated heterocycles. The second-order valence-electron chi connectivity index (χ2n) is 7.16. The number of nitrogens with one attached hydrogen (secondary N) is 2. The monoisotopic (exact) mass is 412 g/mol. The molecule has 0 aliphatic heterocycles. The van der Waals surface area contributed by atoms with Crippen LogP contribution >= 0.6 is 0 Å². The summed E-state index contributed by atoms with van der Waals surface area (Å²) < 4.78 is 10.1. The molecule has 0 fully saturated rings. The molecule has 0 unspecified atom stereocenters. The van der Waals surface area contributed by atoms with Crippen molar-refractivity contribution in [3.63, 3.8) is 0 Å². The average molecular weight is 412 g/mol. The Kier molecular flexibility index (Phi) is 7.98. The Morgan fingerprint density at radius 1 is 1.00 bits per heavy atom. The molecule has 0 heterocycles. The third kappa shape index (κ3) is 5.83. The Hall–Kier alpha value is -3.35. The average Bonchev–Trinajstić information content (AvgIpc) is 2.73. The van der Waals surface area contributed by atoms with Crippen molar-refractivity contribution >= 4 is 23.5 Å². The minimum Gasteiger partial charge on any atom is -0.494 e. The number of aryl methyl sites for hydroxylation is 1. The summed E-state index contributed by atoms with van der Waals surface area (Å²) in [6, 6.07) is 10.9. The van der Waals surface area contributed by atoms with E-state index in [0.717, 1.165) is 5.56 Å². The van der Waals surface area contributed by atoms with Gasteiger partial charge in [0.05, 0.1) is 19.3 Å². The number of hydrogen-bond donors (Lipinski definition) is 2. The van der Waals surface area contributed by atoms with E-state index in [2.05, 4.69) is 10.6 Å². The standard InChI is InChI=1S/C23H28N2O5/c1-6-30-18-11-9-16(10-12-18)21(26)25-20(14(2)3)22(27)24-19-13-17(23(28)29-5)8-7-15(19)4/h7-14,20H,6H2,1-5H3,(H,24,27)(H,25,26)/t20-/m0/s1. The van der Waals surface area contributed by atoms with Crippen molar-refractivity contribution in [1.29, 1.82) is 0 Å².